The summed E-state index contributed by atoms with van der Waals surface area (Å²) in [5.74, 6) is 0.353. The van der Waals surface area contributed by atoms with Crippen molar-refractivity contribution in [3.05, 3.63) is 63.4 Å². The zero-order valence-electron chi connectivity index (χ0n) is 17.0. The van der Waals surface area contributed by atoms with Gasteiger partial charge in [-0.3, -0.25) is 14.3 Å². The largest absolute Gasteiger partial charge is 0.444 e. The highest BCUT2D eigenvalue weighted by Crippen LogP contribution is 2.24. The monoisotopic (exact) mass is 414 g/mol. The third-order valence-electron chi connectivity index (χ3n) is 4.25. The molecule has 152 valence electrons. The highest BCUT2D eigenvalue weighted by atomic mass is 35.5. The van der Waals surface area contributed by atoms with Crippen molar-refractivity contribution < 1.29 is 9.53 Å². The van der Waals surface area contributed by atoms with Gasteiger partial charge in [0.15, 0.2) is 0 Å². The van der Waals surface area contributed by atoms with Gasteiger partial charge in [-0.15, -0.1) is 0 Å². The van der Waals surface area contributed by atoms with E-state index in [0.717, 1.165) is 5.56 Å². The fourth-order valence-corrected chi connectivity index (χ4v) is 3.22. The first-order chi connectivity index (χ1) is 13.6. The minimum absolute atomic E-state index is 0.311. The molecule has 0 saturated heterocycles. The molecule has 8 heteroatoms. The summed E-state index contributed by atoms with van der Waals surface area (Å²) in [5.41, 5.74) is 0.881. The number of carbonyl (C=O) groups is 1. The quantitative estimate of drug-likeness (QED) is 0.689. The minimum Gasteiger partial charge on any atom is -0.444 e. The number of hydrogen-bond acceptors (Lipinski definition) is 5. The second-order valence-electron chi connectivity index (χ2n) is 7.77. The smallest absolute Gasteiger partial charge is 0.408 e. The van der Waals surface area contributed by atoms with Crippen molar-refractivity contribution in [2.45, 2.75) is 46.3 Å². The van der Waals surface area contributed by atoms with Gasteiger partial charge >= 0.3 is 6.09 Å². The third-order valence-corrected chi connectivity index (χ3v) is 4.56. The molecule has 3 rings (SSSR count). The van der Waals surface area contributed by atoms with Crippen molar-refractivity contribution in [2.75, 3.05) is 0 Å². The Morgan fingerprint density at radius 3 is 2.66 bits per heavy atom. The van der Waals surface area contributed by atoms with Crippen LogP contribution in [0.1, 0.15) is 45.1 Å². The van der Waals surface area contributed by atoms with E-state index in [-0.39, 0.29) is 5.56 Å². The summed E-state index contributed by atoms with van der Waals surface area (Å²) in [4.78, 5) is 34.5. The van der Waals surface area contributed by atoms with Crippen molar-refractivity contribution >= 4 is 28.6 Å². The molecule has 0 radical (unpaired) electrons. The molecule has 0 aliphatic heterocycles. The number of nitrogens with one attached hydrogen (secondary N) is 1. The molecule has 1 N–H and O–H groups in total. The first kappa shape index (κ1) is 20.8. The number of halogens is 1. The highest BCUT2D eigenvalue weighted by molar-refractivity contribution is 6.35. The van der Waals surface area contributed by atoms with Crippen molar-refractivity contribution in [3.63, 3.8) is 0 Å². The molecule has 2 aromatic heterocycles. The lowest BCUT2D eigenvalue weighted by Gasteiger charge is -2.23. The van der Waals surface area contributed by atoms with Gasteiger partial charge < -0.3 is 10.1 Å². The molecule has 1 unspecified atom stereocenters. The number of ether oxygens (including phenoxy) is 1. The molecule has 0 spiro atoms. The van der Waals surface area contributed by atoms with E-state index in [4.69, 9.17) is 16.3 Å². The molecule has 0 saturated carbocycles. The predicted octanol–water partition coefficient (Wildman–Crippen LogP) is 4.33. The van der Waals surface area contributed by atoms with E-state index < -0.39 is 17.7 Å². The lowest BCUT2D eigenvalue weighted by Crippen LogP contribution is -2.37. The molecule has 2 heterocycles. The van der Waals surface area contributed by atoms with E-state index in [1.165, 1.54) is 4.57 Å². The number of carbonyl (C=O) groups excluding carboxylic acids is 1. The molecular formula is C21H23ClN4O3. The Kier molecular flexibility index (Phi) is 5.61. The van der Waals surface area contributed by atoms with Gasteiger partial charge in [0.2, 0.25) is 0 Å². The van der Waals surface area contributed by atoms with Crippen LogP contribution in [0.2, 0.25) is 5.02 Å². The van der Waals surface area contributed by atoms with E-state index in [0.29, 0.717) is 27.4 Å². The number of aromatic nitrogens is 3. The normalized spacial score (nSPS) is 12.6. The summed E-state index contributed by atoms with van der Waals surface area (Å²) < 4.78 is 6.78. The van der Waals surface area contributed by atoms with Gasteiger partial charge in [-0.1, -0.05) is 17.7 Å². The summed E-state index contributed by atoms with van der Waals surface area (Å²) in [6.07, 6.45) is 2.64. The highest BCUT2D eigenvalue weighted by Gasteiger charge is 2.24. The second kappa shape index (κ2) is 7.83. The van der Waals surface area contributed by atoms with Crippen molar-refractivity contribution in [1.82, 2.24) is 19.9 Å². The topological polar surface area (TPSA) is 86.1 Å². The molecule has 1 atom stereocenters. The average molecular weight is 415 g/mol. The minimum atomic E-state index is -0.645. The number of aryl methyl sites for hydroxylation is 1. The molecule has 7 nitrogen and oxygen atoms in total. The fraction of sp³-hybridized carbons (Fsp3) is 0.333. The van der Waals surface area contributed by atoms with E-state index in [1.807, 2.05) is 6.92 Å². The Morgan fingerprint density at radius 1 is 1.28 bits per heavy atom. The van der Waals surface area contributed by atoms with Gasteiger partial charge in [-0.25, -0.2) is 9.78 Å². The standard InChI is InChI=1S/C21H23ClN4O3/c1-12-9-10-23-11-16(12)26-18(13(2)24-20(28)29-21(3,4)5)25-15-8-6-7-14(22)17(15)19(26)27/h6-11,13H,1-5H3,(H,24,28). The van der Waals surface area contributed by atoms with Crippen LogP contribution in [0.5, 0.6) is 0 Å². The maximum absolute atomic E-state index is 13.4. The van der Waals surface area contributed by atoms with Crippen LogP contribution in [-0.4, -0.2) is 26.2 Å². The van der Waals surface area contributed by atoms with Crippen LogP contribution in [0.4, 0.5) is 4.79 Å². The maximum Gasteiger partial charge on any atom is 0.408 e. The van der Waals surface area contributed by atoms with Crippen LogP contribution in [-0.2, 0) is 4.74 Å². The van der Waals surface area contributed by atoms with Gasteiger partial charge in [0.25, 0.3) is 5.56 Å². The molecule has 0 aliphatic rings. The van der Waals surface area contributed by atoms with E-state index in [2.05, 4.69) is 15.3 Å². The summed E-state index contributed by atoms with van der Waals surface area (Å²) in [5, 5.41) is 3.38. The number of pyridine rings is 1. The molecule has 0 bridgehead atoms. The Bertz CT molecular complexity index is 1130. The fourth-order valence-electron chi connectivity index (χ4n) is 2.97. The number of hydrogen-bond donors (Lipinski definition) is 1. The van der Waals surface area contributed by atoms with Crippen molar-refractivity contribution in [1.29, 1.82) is 0 Å². The maximum atomic E-state index is 13.4. The van der Waals surface area contributed by atoms with Gasteiger partial charge in [-0.05, 0) is 58.4 Å². The molecule has 3 aromatic rings. The zero-order chi connectivity index (χ0) is 21.3. The van der Waals surface area contributed by atoms with E-state index in [1.54, 1.807) is 64.4 Å². The van der Waals surface area contributed by atoms with Crippen LogP contribution in [0.25, 0.3) is 16.6 Å². The summed E-state index contributed by atoms with van der Waals surface area (Å²) >= 11 is 6.29. The van der Waals surface area contributed by atoms with Gasteiger partial charge in [0, 0.05) is 6.20 Å². The van der Waals surface area contributed by atoms with Crippen LogP contribution < -0.4 is 10.9 Å². The lowest BCUT2D eigenvalue weighted by molar-refractivity contribution is 0.0505. The number of nitrogens with zero attached hydrogens (tertiary/aromatic N) is 3. The lowest BCUT2D eigenvalue weighted by atomic mass is 10.2. The molecule has 1 amide bonds. The molecular weight excluding hydrogens is 392 g/mol. The summed E-state index contributed by atoms with van der Waals surface area (Å²) in [6.45, 7) is 8.95. The SMILES string of the molecule is Cc1ccncc1-n1c(C(C)NC(=O)OC(C)(C)C)nc2cccc(Cl)c2c1=O. The number of alkyl carbamates (subject to hydrolysis) is 1. The van der Waals surface area contributed by atoms with Crippen LogP contribution in [0.15, 0.2) is 41.5 Å². The number of benzene rings is 1. The van der Waals surface area contributed by atoms with Gasteiger partial charge in [-0.2, -0.15) is 0 Å². The number of fused-ring (bicyclic) bond motifs is 1. The van der Waals surface area contributed by atoms with Crippen molar-refractivity contribution in [3.8, 4) is 5.69 Å². The first-order valence-corrected chi connectivity index (χ1v) is 9.58. The van der Waals surface area contributed by atoms with Crippen molar-refractivity contribution in [2.24, 2.45) is 0 Å². The first-order valence-electron chi connectivity index (χ1n) is 9.20. The Hall–Kier alpha value is -2.93. The van der Waals surface area contributed by atoms with E-state index in [9.17, 15) is 9.59 Å². The molecule has 0 fully saturated rings. The molecule has 0 aliphatic carbocycles. The molecule has 29 heavy (non-hydrogen) atoms. The van der Waals surface area contributed by atoms with Gasteiger partial charge in [0.05, 0.1) is 33.9 Å². The molecule has 1 aromatic carbocycles. The number of amides is 1. The van der Waals surface area contributed by atoms with Gasteiger partial charge in [0.1, 0.15) is 11.4 Å². The Labute approximate surface area is 173 Å². The van der Waals surface area contributed by atoms with Crippen LogP contribution in [0, 0.1) is 6.92 Å². The second-order valence-corrected chi connectivity index (χ2v) is 8.18. The number of rotatable bonds is 3. The summed E-state index contributed by atoms with van der Waals surface area (Å²) in [6, 6.07) is 6.28. The average Bonchev–Trinajstić information content (AvgIpc) is 2.60. The predicted molar refractivity (Wildman–Crippen MR) is 113 cm³/mol. The van der Waals surface area contributed by atoms with E-state index >= 15 is 0 Å². The Morgan fingerprint density at radius 2 is 2.00 bits per heavy atom. The summed E-state index contributed by atoms with van der Waals surface area (Å²) in [7, 11) is 0. The Balaban J connectivity index is 2.20. The third kappa shape index (κ3) is 4.40. The zero-order valence-corrected chi connectivity index (χ0v) is 17.7. The van der Waals surface area contributed by atoms with Crippen LogP contribution >= 0.6 is 11.6 Å². The van der Waals surface area contributed by atoms with Crippen LogP contribution in [0.3, 0.4) is 0 Å².